The molecular weight excluding hydrogens is 462 g/mol. The summed E-state index contributed by atoms with van der Waals surface area (Å²) in [7, 11) is 1.53. The van der Waals surface area contributed by atoms with Gasteiger partial charge < -0.3 is 24.8 Å². The summed E-state index contributed by atoms with van der Waals surface area (Å²) in [6.45, 7) is 6.55. The van der Waals surface area contributed by atoms with E-state index in [2.05, 4.69) is 5.32 Å². The fourth-order valence-electron chi connectivity index (χ4n) is 4.29. The number of aryl methyl sites for hydroxylation is 1. The van der Waals surface area contributed by atoms with E-state index in [1.807, 2.05) is 13.8 Å². The summed E-state index contributed by atoms with van der Waals surface area (Å²) in [6.07, 6.45) is 2.34. The summed E-state index contributed by atoms with van der Waals surface area (Å²) in [6, 6.07) is 6.42. The largest absolute Gasteiger partial charge is 0.493 e. The molecule has 1 aliphatic rings. The van der Waals surface area contributed by atoms with Crippen molar-refractivity contribution >= 4 is 23.5 Å². The predicted molar refractivity (Wildman–Crippen MR) is 136 cm³/mol. The number of hydrogen-bond acceptors (Lipinski definition) is 6. The number of rotatable bonds is 12. The summed E-state index contributed by atoms with van der Waals surface area (Å²) in [5.41, 5.74) is 2.60. The summed E-state index contributed by atoms with van der Waals surface area (Å²) in [4.78, 5) is 39.2. The van der Waals surface area contributed by atoms with E-state index in [1.165, 1.54) is 13.1 Å². The van der Waals surface area contributed by atoms with E-state index in [-0.39, 0.29) is 35.2 Å². The SMILES string of the molecule is CCCCc1cc(C(=O)CN2Cc3cc(OCC)c(C(=O)NC)cc3C2=N)cc(C(=O)O)c1OCC. The molecule has 0 spiro atoms. The second-order valence-electron chi connectivity index (χ2n) is 8.50. The number of ether oxygens (including phenoxy) is 2. The zero-order valence-electron chi connectivity index (χ0n) is 21.2. The molecular formula is C27H33N3O6. The predicted octanol–water partition coefficient (Wildman–Crippen LogP) is 3.91. The highest BCUT2D eigenvalue weighted by Gasteiger charge is 2.30. The first-order chi connectivity index (χ1) is 17.2. The van der Waals surface area contributed by atoms with Gasteiger partial charge in [0.05, 0.1) is 25.3 Å². The molecule has 3 rings (SSSR count). The Labute approximate surface area is 210 Å². The van der Waals surface area contributed by atoms with Gasteiger partial charge in [-0.05, 0) is 62.1 Å². The second kappa shape index (κ2) is 11.7. The molecule has 1 heterocycles. The standard InChI is InChI=1S/C27H33N3O6/c1-5-8-9-16-10-17(11-21(27(33)34)24(16)36-7-3)22(31)15-30-14-18-12-23(35-6-2)20(26(32)29-4)13-19(18)25(30)28/h10-13,28H,5-9,14-15H2,1-4H3,(H,29,32)(H,33,34). The number of carbonyl (C=O) groups is 3. The Morgan fingerprint density at radius 1 is 1.06 bits per heavy atom. The van der Waals surface area contributed by atoms with Crippen molar-refractivity contribution in [1.82, 2.24) is 10.2 Å². The molecule has 2 aromatic carbocycles. The van der Waals surface area contributed by atoms with Gasteiger partial charge >= 0.3 is 5.97 Å². The van der Waals surface area contributed by atoms with Gasteiger partial charge in [-0.3, -0.25) is 15.0 Å². The first kappa shape index (κ1) is 26.7. The Bertz CT molecular complexity index is 1190. The average molecular weight is 496 g/mol. The van der Waals surface area contributed by atoms with Gasteiger partial charge in [-0.2, -0.15) is 0 Å². The number of nitrogens with zero attached hydrogens (tertiary/aromatic N) is 1. The molecule has 1 aliphatic heterocycles. The van der Waals surface area contributed by atoms with Crippen molar-refractivity contribution in [3.63, 3.8) is 0 Å². The number of fused-ring (bicyclic) bond motifs is 1. The fourth-order valence-corrected chi connectivity index (χ4v) is 4.29. The third-order valence-electron chi connectivity index (χ3n) is 6.05. The molecule has 0 bridgehead atoms. The lowest BCUT2D eigenvalue weighted by Gasteiger charge is -2.19. The number of unbranched alkanes of at least 4 members (excludes halogenated alkanes) is 1. The van der Waals surface area contributed by atoms with Gasteiger partial charge in [-0.1, -0.05) is 13.3 Å². The Balaban J connectivity index is 1.91. The van der Waals surface area contributed by atoms with E-state index < -0.39 is 5.97 Å². The number of ketones is 1. The van der Waals surface area contributed by atoms with Crippen LogP contribution in [-0.4, -0.2) is 60.3 Å². The molecule has 192 valence electrons. The molecule has 0 saturated carbocycles. The van der Waals surface area contributed by atoms with Crippen molar-refractivity contribution in [2.75, 3.05) is 26.8 Å². The summed E-state index contributed by atoms with van der Waals surface area (Å²) < 4.78 is 11.3. The molecule has 0 fully saturated rings. The average Bonchev–Trinajstić information content (AvgIpc) is 3.16. The molecule has 3 N–H and O–H groups in total. The van der Waals surface area contributed by atoms with Crippen LogP contribution in [0.15, 0.2) is 24.3 Å². The Hall–Kier alpha value is -3.88. The van der Waals surface area contributed by atoms with E-state index in [9.17, 15) is 19.5 Å². The summed E-state index contributed by atoms with van der Waals surface area (Å²) >= 11 is 0. The number of amidine groups is 1. The molecule has 1 amide bonds. The fraction of sp³-hybridized carbons (Fsp3) is 0.407. The number of carboxylic acid groups (broad SMARTS) is 1. The first-order valence-electron chi connectivity index (χ1n) is 12.2. The molecule has 0 saturated heterocycles. The summed E-state index contributed by atoms with van der Waals surface area (Å²) in [5.74, 6) is -0.915. The van der Waals surface area contributed by atoms with Crippen LogP contribution in [0.2, 0.25) is 0 Å². The topological polar surface area (TPSA) is 129 Å². The quantitative estimate of drug-likeness (QED) is 0.381. The second-order valence-corrected chi connectivity index (χ2v) is 8.50. The van der Waals surface area contributed by atoms with Crippen LogP contribution in [0.3, 0.4) is 0 Å². The molecule has 9 nitrogen and oxygen atoms in total. The lowest BCUT2D eigenvalue weighted by Crippen LogP contribution is -2.30. The number of hydrogen-bond donors (Lipinski definition) is 3. The van der Waals surface area contributed by atoms with E-state index in [0.717, 1.165) is 18.4 Å². The Morgan fingerprint density at radius 3 is 2.39 bits per heavy atom. The lowest BCUT2D eigenvalue weighted by molar-refractivity contribution is 0.0692. The van der Waals surface area contributed by atoms with Gasteiger partial charge in [-0.15, -0.1) is 0 Å². The highest BCUT2D eigenvalue weighted by molar-refractivity contribution is 6.08. The van der Waals surface area contributed by atoms with E-state index in [0.29, 0.717) is 54.4 Å². The molecule has 36 heavy (non-hydrogen) atoms. The van der Waals surface area contributed by atoms with Crippen LogP contribution in [0, 0.1) is 5.41 Å². The number of carboxylic acids is 1. The van der Waals surface area contributed by atoms with Gasteiger partial charge in [0.1, 0.15) is 22.9 Å². The number of amides is 1. The molecule has 0 atom stereocenters. The van der Waals surface area contributed by atoms with Crippen LogP contribution >= 0.6 is 0 Å². The van der Waals surface area contributed by atoms with Crippen LogP contribution in [-0.2, 0) is 13.0 Å². The van der Waals surface area contributed by atoms with Crippen molar-refractivity contribution in [2.24, 2.45) is 0 Å². The van der Waals surface area contributed by atoms with Gasteiger partial charge in [0.25, 0.3) is 5.91 Å². The molecule has 0 aliphatic carbocycles. The van der Waals surface area contributed by atoms with Gasteiger partial charge in [0.15, 0.2) is 5.78 Å². The maximum Gasteiger partial charge on any atom is 0.339 e. The lowest BCUT2D eigenvalue weighted by atomic mass is 9.97. The minimum atomic E-state index is -1.16. The van der Waals surface area contributed by atoms with Crippen LogP contribution in [0.25, 0.3) is 0 Å². The molecule has 9 heteroatoms. The first-order valence-corrected chi connectivity index (χ1v) is 12.2. The van der Waals surface area contributed by atoms with Crippen molar-refractivity contribution in [3.05, 3.63) is 57.6 Å². The highest BCUT2D eigenvalue weighted by atomic mass is 16.5. The molecule has 0 unspecified atom stereocenters. The van der Waals surface area contributed by atoms with Crippen molar-refractivity contribution in [3.8, 4) is 11.5 Å². The van der Waals surface area contributed by atoms with Crippen molar-refractivity contribution in [2.45, 2.75) is 46.6 Å². The zero-order valence-corrected chi connectivity index (χ0v) is 21.2. The van der Waals surface area contributed by atoms with Gasteiger partial charge in [-0.25, -0.2) is 4.79 Å². The smallest absolute Gasteiger partial charge is 0.339 e. The summed E-state index contributed by atoms with van der Waals surface area (Å²) in [5, 5.41) is 21.0. The number of carbonyl (C=O) groups excluding carboxylic acids is 2. The van der Waals surface area contributed by atoms with Crippen molar-refractivity contribution in [1.29, 1.82) is 5.41 Å². The minimum absolute atomic E-state index is 0.0369. The number of benzene rings is 2. The molecule has 0 aromatic heterocycles. The van der Waals surface area contributed by atoms with Crippen LogP contribution in [0.4, 0.5) is 0 Å². The monoisotopic (exact) mass is 495 g/mol. The minimum Gasteiger partial charge on any atom is -0.493 e. The highest BCUT2D eigenvalue weighted by Crippen LogP contribution is 2.32. The van der Waals surface area contributed by atoms with Crippen LogP contribution in [0.5, 0.6) is 11.5 Å². The Kier molecular flexibility index (Phi) is 8.68. The number of nitrogens with one attached hydrogen (secondary N) is 2. The molecule has 0 radical (unpaired) electrons. The van der Waals surface area contributed by atoms with Crippen LogP contribution in [0.1, 0.15) is 81.4 Å². The number of aromatic carboxylic acids is 1. The van der Waals surface area contributed by atoms with Gasteiger partial charge in [0.2, 0.25) is 0 Å². The van der Waals surface area contributed by atoms with E-state index >= 15 is 0 Å². The normalized spacial score (nSPS) is 12.3. The van der Waals surface area contributed by atoms with Gasteiger partial charge in [0, 0.05) is 24.7 Å². The van der Waals surface area contributed by atoms with E-state index in [4.69, 9.17) is 14.9 Å². The zero-order chi connectivity index (χ0) is 26.4. The van der Waals surface area contributed by atoms with E-state index in [1.54, 1.807) is 30.0 Å². The number of Topliss-reactive ketones (excluding diaryl/α,β-unsaturated/α-hetero) is 1. The Morgan fingerprint density at radius 2 is 1.78 bits per heavy atom. The van der Waals surface area contributed by atoms with Crippen LogP contribution < -0.4 is 14.8 Å². The third kappa shape index (κ3) is 5.50. The maximum atomic E-state index is 13.3. The maximum absolute atomic E-state index is 13.3. The van der Waals surface area contributed by atoms with Crippen molar-refractivity contribution < 1.29 is 29.0 Å². The molecule has 2 aromatic rings. The third-order valence-corrected chi connectivity index (χ3v) is 6.05.